The molecule has 1 atom stereocenters. The number of amides is 1. The number of carboxylic acid groups (broad SMARTS) is 1. The van der Waals surface area contributed by atoms with E-state index in [9.17, 15) is 9.59 Å². The van der Waals surface area contributed by atoms with E-state index in [4.69, 9.17) is 5.11 Å². The highest BCUT2D eigenvalue weighted by atomic mass is 16.4. The van der Waals surface area contributed by atoms with Crippen LogP contribution in [0.1, 0.15) is 20.3 Å². The smallest absolute Gasteiger partial charge is 0.326 e. The molecule has 0 aliphatic rings. The number of aromatic nitrogens is 2. The normalized spacial score (nSPS) is 12.4. The summed E-state index contributed by atoms with van der Waals surface area (Å²) in [4.78, 5) is 22.4. The predicted octanol–water partition coefficient (Wildman–Crippen LogP) is 0.499. The van der Waals surface area contributed by atoms with Crippen molar-refractivity contribution >= 4 is 11.9 Å². The van der Waals surface area contributed by atoms with Gasteiger partial charge in [-0.25, -0.2) is 4.79 Å². The summed E-state index contributed by atoms with van der Waals surface area (Å²) in [7, 11) is 0. The van der Waals surface area contributed by atoms with Crippen molar-refractivity contribution in [2.45, 2.75) is 32.9 Å². The molecule has 0 radical (unpaired) electrons. The van der Waals surface area contributed by atoms with Gasteiger partial charge in [-0.3, -0.25) is 9.48 Å². The maximum atomic E-state index is 11.5. The molecule has 0 bridgehead atoms. The Balaban J connectivity index is 2.40. The Hall–Kier alpha value is -1.85. The van der Waals surface area contributed by atoms with Crippen LogP contribution in [-0.2, 0) is 16.1 Å². The van der Waals surface area contributed by atoms with Crippen molar-refractivity contribution in [2.75, 3.05) is 0 Å². The molecule has 0 saturated heterocycles. The van der Waals surface area contributed by atoms with Gasteiger partial charge in [-0.05, 0) is 12.0 Å². The number of nitrogens with one attached hydrogen (secondary N) is 1. The predicted molar refractivity (Wildman–Crippen MR) is 61.2 cm³/mol. The first-order valence-corrected chi connectivity index (χ1v) is 5.50. The van der Waals surface area contributed by atoms with Crippen molar-refractivity contribution in [3.8, 4) is 0 Å². The third-order valence-electron chi connectivity index (χ3n) is 2.38. The summed E-state index contributed by atoms with van der Waals surface area (Å²) < 4.78 is 1.63. The fourth-order valence-electron chi connectivity index (χ4n) is 1.41. The van der Waals surface area contributed by atoms with Gasteiger partial charge in [0, 0.05) is 25.4 Å². The molecule has 94 valence electrons. The Bertz CT molecular complexity index is 373. The molecule has 0 aliphatic carbocycles. The van der Waals surface area contributed by atoms with Gasteiger partial charge in [0.25, 0.3) is 0 Å². The van der Waals surface area contributed by atoms with Crippen LogP contribution in [0, 0.1) is 5.92 Å². The van der Waals surface area contributed by atoms with Crippen LogP contribution < -0.4 is 5.32 Å². The molecule has 0 aliphatic heterocycles. The average Bonchev–Trinajstić information content (AvgIpc) is 2.74. The molecule has 0 spiro atoms. The van der Waals surface area contributed by atoms with E-state index < -0.39 is 12.0 Å². The van der Waals surface area contributed by atoms with Crippen molar-refractivity contribution in [3.05, 3.63) is 18.5 Å². The number of aliphatic carboxylic acids is 1. The highest BCUT2D eigenvalue weighted by molar-refractivity contribution is 5.83. The first-order valence-electron chi connectivity index (χ1n) is 5.50. The minimum absolute atomic E-state index is 0.138. The van der Waals surface area contributed by atoms with E-state index in [1.807, 2.05) is 0 Å². The molecule has 2 N–H and O–H groups in total. The van der Waals surface area contributed by atoms with E-state index in [-0.39, 0.29) is 18.2 Å². The van der Waals surface area contributed by atoms with Gasteiger partial charge >= 0.3 is 5.97 Å². The van der Waals surface area contributed by atoms with Crippen molar-refractivity contribution in [1.29, 1.82) is 0 Å². The maximum Gasteiger partial charge on any atom is 0.326 e. The summed E-state index contributed by atoms with van der Waals surface area (Å²) >= 11 is 0. The molecule has 0 aromatic carbocycles. The van der Waals surface area contributed by atoms with Crippen molar-refractivity contribution in [2.24, 2.45) is 5.92 Å². The summed E-state index contributed by atoms with van der Waals surface area (Å²) in [5.41, 5.74) is 0. The lowest BCUT2D eigenvalue weighted by Gasteiger charge is -2.17. The van der Waals surface area contributed by atoms with Gasteiger partial charge in [-0.2, -0.15) is 5.10 Å². The maximum absolute atomic E-state index is 11.5. The molecule has 0 fully saturated rings. The second kappa shape index (κ2) is 6.03. The molecule has 1 aromatic rings. The molecule has 1 heterocycles. The van der Waals surface area contributed by atoms with Gasteiger partial charge in [-0.1, -0.05) is 13.8 Å². The van der Waals surface area contributed by atoms with Crippen molar-refractivity contribution in [3.63, 3.8) is 0 Å². The summed E-state index contributed by atoms with van der Waals surface area (Å²) in [6, 6.07) is 0.937. The van der Waals surface area contributed by atoms with Gasteiger partial charge in [0.1, 0.15) is 6.04 Å². The lowest BCUT2D eigenvalue weighted by Crippen LogP contribution is -2.44. The Kier molecular flexibility index (Phi) is 4.68. The molecule has 1 aromatic heterocycles. The summed E-state index contributed by atoms with van der Waals surface area (Å²) in [6.45, 7) is 3.96. The SMILES string of the molecule is CC(C)[C@H](NC(=O)CCn1cccn1)C(=O)O. The van der Waals surface area contributed by atoms with Crippen molar-refractivity contribution < 1.29 is 14.7 Å². The standard InChI is InChI=1S/C11H17N3O3/c1-8(2)10(11(16)17)13-9(15)4-7-14-6-3-5-12-14/h3,5-6,8,10H,4,7H2,1-2H3,(H,13,15)(H,16,17)/t10-/m0/s1. The van der Waals surface area contributed by atoms with Crippen LogP contribution in [0.2, 0.25) is 0 Å². The summed E-state index contributed by atoms with van der Waals surface area (Å²) in [6.07, 6.45) is 3.61. The zero-order valence-electron chi connectivity index (χ0n) is 9.96. The fourth-order valence-corrected chi connectivity index (χ4v) is 1.41. The highest BCUT2D eigenvalue weighted by Crippen LogP contribution is 2.02. The largest absolute Gasteiger partial charge is 0.480 e. The highest BCUT2D eigenvalue weighted by Gasteiger charge is 2.22. The van der Waals surface area contributed by atoms with Crippen molar-refractivity contribution in [1.82, 2.24) is 15.1 Å². The molecule has 0 unspecified atom stereocenters. The Morgan fingerprint density at radius 1 is 1.47 bits per heavy atom. The van der Waals surface area contributed by atoms with Gasteiger partial charge < -0.3 is 10.4 Å². The van der Waals surface area contributed by atoms with Crippen LogP contribution >= 0.6 is 0 Å². The summed E-state index contributed by atoms with van der Waals surface area (Å²) in [5, 5.41) is 15.4. The van der Waals surface area contributed by atoms with Crippen LogP contribution in [0.4, 0.5) is 0 Å². The third-order valence-corrected chi connectivity index (χ3v) is 2.38. The number of aryl methyl sites for hydroxylation is 1. The van der Waals surface area contributed by atoms with E-state index >= 15 is 0 Å². The van der Waals surface area contributed by atoms with Crippen LogP contribution in [-0.4, -0.2) is 32.8 Å². The number of rotatable bonds is 6. The number of nitrogens with zero attached hydrogens (tertiary/aromatic N) is 2. The lowest BCUT2D eigenvalue weighted by molar-refractivity contribution is -0.143. The molecule has 6 nitrogen and oxygen atoms in total. The van der Waals surface area contributed by atoms with Crippen LogP contribution in [0.25, 0.3) is 0 Å². The molecule has 1 amide bonds. The van der Waals surface area contributed by atoms with Gasteiger partial charge in [0.15, 0.2) is 0 Å². The summed E-state index contributed by atoms with van der Waals surface area (Å²) in [5.74, 6) is -1.42. The zero-order chi connectivity index (χ0) is 12.8. The molecular formula is C11H17N3O3. The second-order valence-electron chi connectivity index (χ2n) is 4.15. The number of hydrogen-bond donors (Lipinski definition) is 2. The second-order valence-corrected chi connectivity index (χ2v) is 4.15. The molecule has 6 heteroatoms. The Morgan fingerprint density at radius 3 is 2.65 bits per heavy atom. The van der Waals surface area contributed by atoms with Gasteiger partial charge in [-0.15, -0.1) is 0 Å². The first-order chi connectivity index (χ1) is 8.00. The average molecular weight is 239 g/mol. The Morgan fingerprint density at radius 2 is 2.18 bits per heavy atom. The zero-order valence-corrected chi connectivity index (χ0v) is 9.96. The fraction of sp³-hybridized carbons (Fsp3) is 0.545. The van der Waals surface area contributed by atoms with Crippen LogP contribution in [0.15, 0.2) is 18.5 Å². The minimum atomic E-state index is -1.01. The van der Waals surface area contributed by atoms with E-state index in [0.29, 0.717) is 6.54 Å². The molecule has 17 heavy (non-hydrogen) atoms. The molecular weight excluding hydrogens is 222 g/mol. The molecule has 1 rings (SSSR count). The number of carboxylic acids is 1. The van der Waals surface area contributed by atoms with E-state index in [1.165, 1.54) is 0 Å². The number of carbonyl (C=O) groups is 2. The van der Waals surface area contributed by atoms with E-state index in [0.717, 1.165) is 0 Å². The topological polar surface area (TPSA) is 84.2 Å². The third kappa shape index (κ3) is 4.26. The quantitative estimate of drug-likeness (QED) is 0.757. The van der Waals surface area contributed by atoms with E-state index in [2.05, 4.69) is 10.4 Å². The van der Waals surface area contributed by atoms with Gasteiger partial charge in [0.2, 0.25) is 5.91 Å². The molecule has 0 saturated carbocycles. The monoisotopic (exact) mass is 239 g/mol. The number of carbonyl (C=O) groups excluding carboxylic acids is 1. The first kappa shape index (κ1) is 13.2. The minimum Gasteiger partial charge on any atom is -0.480 e. The number of hydrogen-bond acceptors (Lipinski definition) is 3. The lowest BCUT2D eigenvalue weighted by atomic mass is 10.0. The van der Waals surface area contributed by atoms with Gasteiger partial charge in [0.05, 0.1) is 0 Å². The van der Waals surface area contributed by atoms with Crippen LogP contribution in [0.5, 0.6) is 0 Å². The Labute approximate surface area is 99.6 Å². The van der Waals surface area contributed by atoms with E-state index in [1.54, 1.807) is 37.0 Å². The van der Waals surface area contributed by atoms with Crippen LogP contribution in [0.3, 0.4) is 0 Å².